The van der Waals surface area contributed by atoms with E-state index in [1.165, 1.54) is 0 Å². The van der Waals surface area contributed by atoms with Crippen LogP contribution in [0.2, 0.25) is 0 Å². The highest BCUT2D eigenvalue weighted by Gasteiger charge is 2.48. The maximum Gasteiger partial charge on any atom is 0.410 e. The molecule has 3 aliphatic rings. The predicted octanol–water partition coefficient (Wildman–Crippen LogP) is 5.40. The van der Waals surface area contributed by atoms with Gasteiger partial charge in [-0.2, -0.15) is 9.97 Å². The Morgan fingerprint density at radius 3 is 2.53 bits per heavy atom. The summed E-state index contributed by atoms with van der Waals surface area (Å²) in [6.45, 7) is 12.2. The largest absolute Gasteiger partial charge is 0.462 e. The third kappa shape index (κ3) is 5.43. The Bertz CT molecular complexity index is 1200. The van der Waals surface area contributed by atoms with Gasteiger partial charge < -0.3 is 24.2 Å². The van der Waals surface area contributed by atoms with Gasteiger partial charge in [0.05, 0.1) is 4.47 Å². The highest BCUT2D eigenvalue weighted by molar-refractivity contribution is 9.10. The lowest BCUT2D eigenvalue weighted by Gasteiger charge is -2.53. The summed E-state index contributed by atoms with van der Waals surface area (Å²) < 4.78 is 27.6. The minimum absolute atomic E-state index is 0.103. The van der Waals surface area contributed by atoms with Crippen molar-refractivity contribution < 1.29 is 18.7 Å². The van der Waals surface area contributed by atoms with Crippen molar-refractivity contribution in [3.63, 3.8) is 0 Å². The Labute approximate surface area is 233 Å². The van der Waals surface area contributed by atoms with Crippen LogP contribution in [-0.2, 0) is 11.2 Å². The molecular formula is C28H39BrFN5O3. The molecule has 2 aromatic rings. The first-order valence-electron chi connectivity index (χ1n) is 13.7. The van der Waals surface area contributed by atoms with Crippen LogP contribution in [0.4, 0.5) is 15.0 Å². The summed E-state index contributed by atoms with van der Waals surface area (Å²) in [5.41, 5.74) is 0.785. The van der Waals surface area contributed by atoms with Crippen molar-refractivity contribution in [3.05, 3.63) is 21.9 Å². The molecule has 0 saturated carbocycles. The van der Waals surface area contributed by atoms with Gasteiger partial charge in [0, 0.05) is 43.0 Å². The normalized spacial score (nSPS) is 21.7. The number of likely N-dealkylation sites (N-methyl/N-ethyl adjacent to an activating group) is 1. The van der Waals surface area contributed by atoms with Crippen LogP contribution in [0.15, 0.2) is 10.5 Å². The van der Waals surface area contributed by atoms with Crippen LogP contribution in [0.3, 0.4) is 0 Å². The zero-order valence-electron chi connectivity index (χ0n) is 23.1. The predicted molar refractivity (Wildman–Crippen MR) is 149 cm³/mol. The van der Waals surface area contributed by atoms with Crippen LogP contribution in [0.1, 0.15) is 58.9 Å². The second-order valence-electron chi connectivity index (χ2n) is 12.2. The molecular weight excluding hydrogens is 553 g/mol. The fourth-order valence-corrected chi connectivity index (χ4v) is 6.45. The summed E-state index contributed by atoms with van der Waals surface area (Å²) in [5, 5.41) is 0.716. The molecule has 0 bridgehead atoms. The molecule has 1 aromatic carbocycles. The van der Waals surface area contributed by atoms with E-state index < -0.39 is 5.60 Å². The van der Waals surface area contributed by atoms with Crippen LogP contribution in [0, 0.1) is 11.2 Å². The number of anilines is 1. The third-order valence-electron chi connectivity index (χ3n) is 8.19. The topological polar surface area (TPSA) is 71.0 Å². The molecule has 1 aromatic heterocycles. The van der Waals surface area contributed by atoms with Crippen LogP contribution in [-0.4, -0.2) is 83.9 Å². The van der Waals surface area contributed by atoms with Crippen molar-refractivity contribution in [1.82, 2.24) is 19.8 Å². The highest BCUT2D eigenvalue weighted by atomic mass is 79.9. The number of nitrogens with zero attached hydrogens (tertiary/aromatic N) is 5. The molecule has 0 unspecified atom stereocenters. The molecule has 3 fully saturated rings. The van der Waals surface area contributed by atoms with E-state index in [-0.39, 0.29) is 28.9 Å². The number of benzene rings is 1. The number of aromatic nitrogens is 2. The van der Waals surface area contributed by atoms with Gasteiger partial charge in [-0.1, -0.05) is 6.92 Å². The van der Waals surface area contributed by atoms with Crippen molar-refractivity contribution in [3.8, 4) is 6.01 Å². The number of piperidine rings is 1. The van der Waals surface area contributed by atoms with Crippen molar-refractivity contribution in [1.29, 1.82) is 0 Å². The lowest BCUT2D eigenvalue weighted by molar-refractivity contribution is -0.0434. The quantitative estimate of drug-likeness (QED) is 0.460. The molecule has 208 valence electrons. The second-order valence-corrected chi connectivity index (χ2v) is 12.9. The zero-order chi connectivity index (χ0) is 27.2. The molecule has 38 heavy (non-hydrogen) atoms. The van der Waals surface area contributed by atoms with Gasteiger partial charge in [0.15, 0.2) is 5.82 Å². The summed E-state index contributed by atoms with van der Waals surface area (Å²) >= 11 is 3.44. The van der Waals surface area contributed by atoms with E-state index in [1.807, 2.05) is 33.8 Å². The monoisotopic (exact) mass is 591 g/mol. The van der Waals surface area contributed by atoms with Crippen molar-refractivity contribution in [2.45, 2.75) is 71.4 Å². The molecule has 0 aliphatic carbocycles. The van der Waals surface area contributed by atoms with E-state index in [0.717, 1.165) is 56.7 Å². The van der Waals surface area contributed by atoms with Gasteiger partial charge in [0.2, 0.25) is 0 Å². The molecule has 10 heteroatoms. The van der Waals surface area contributed by atoms with Crippen LogP contribution >= 0.6 is 15.9 Å². The smallest absolute Gasteiger partial charge is 0.410 e. The number of carbonyl (C=O) groups is 1. The van der Waals surface area contributed by atoms with Crippen LogP contribution < -0.4 is 9.64 Å². The third-order valence-corrected chi connectivity index (χ3v) is 9.05. The molecule has 8 nitrogen and oxygen atoms in total. The van der Waals surface area contributed by atoms with Gasteiger partial charge in [-0.15, -0.1) is 0 Å². The maximum atomic E-state index is 15.5. The number of likely N-dealkylation sites (tertiary alicyclic amines) is 2. The van der Waals surface area contributed by atoms with Crippen molar-refractivity contribution in [2.24, 2.45) is 5.41 Å². The van der Waals surface area contributed by atoms with E-state index in [4.69, 9.17) is 14.5 Å². The molecule has 3 aliphatic heterocycles. The number of ether oxygens (including phenoxy) is 2. The fourth-order valence-electron chi connectivity index (χ4n) is 5.87. The Morgan fingerprint density at radius 2 is 1.92 bits per heavy atom. The summed E-state index contributed by atoms with van der Waals surface area (Å²) in [4.78, 5) is 28.1. The number of rotatable bonds is 5. The van der Waals surface area contributed by atoms with Gasteiger partial charge in [-0.25, -0.2) is 9.18 Å². The molecule has 5 rings (SSSR count). The molecule has 4 heterocycles. The number of halogens is 2. The first-order valence-corrected chi connectivity index (χ1v) is 14.5. The number of amides is 1. The van der Waals surface area contributed by atoms with Gasteiger partial charge >= 0.3 is 12.1 Å². The average Bonchev–Trinajstić information content (AvgIpc) is 3.26. The molecule has 1 spiro atoms. The SMILES string of the molecule is CCc1cc2c(N3CCC4(CC3)CN(C(=O)OC(C)(C)C)C4)nc(OC[C@@H]3CCCN3C)nc2c(F)c1Br. The molecule has 1 atom stereocenters. The minimum atomic E-state index is -0.494. The van der Waals surface area contributed by atoms with Gasteiger partial charge in [-0.05, 0) is 94.0 Å². The molecule has 3 saturated heterocycles. The Kier molecular flexibility index (Phi) is 7.50. The van der Waals surface area contributed by atoms with Crippen LogP contribution in [0.5, 0.6) is 6.01 Å². The zero-order valence-corrected chi connectivity index (χ0v) is 24.7. The standard InChI is InChI=1S/C28H39BrFN5O3/c1-6-18-14-20-23(22(30)21(18)29)31-25(37-15-19-8-7-11-33(19)5)32-24(20)34-12-9-28(10-13-34)16-35(17-28)26(36)38-27(2,3)4/h14,19H,6-13,15-17H2,1-5H3/t19-/m0/s1. The van der Waals surface area contributed by atoms with Crippen molar-refractivity contribution in [2.75, 3.05) is 51.3 Å². The van der Waals surface area contributed by atoms with Crippen LogP contribution in [0.25, 0.3) is 10.9 Å². The second kappa shape index (κ2) is 10.4. The first-order chi connectivity index (χ1) is 18.0. The summed E-state index contributed by atoms with van der Waals surface area (Å²) in [7, 11) is 2.10. The number of hydrogen-bond donors (Lipinski definition) is 0. The van der Waals surface area contributed by atoms with Gasteiger partial charge in [-0.3, -0.25) is 0 Å². The van der Waals surface area contributed by atoms with Gasteiger partial charge in [0.1, 0.15) is 23.5 Å². The molecule has 1 amide bonds. The lowest BCUT2D eigenvalue weighted by Crippen LogP contribution is -2.62. The fraction of sp³-hybridized carbons (Fsp3) is 0.679. The summed E-state index contributed by atoms with van der Waals surface area (Å²) in [5.74, 6) is 0.357. The van der Waals surface area contributed by atoms with E-state index in [0.29, 0.717) is 42.0 Å². The van der Waals surface area contributed by atoms with E-state index in [2.05, 4.69) is 37.8 Å². The Balaban J connectivity index is 1.36. The van der Waals surface area contributed by atoms with E-state index in [9.17, 15) is 4.79 Å². The number of aryl methyl sites for hydroxylation is 1. The summed E-state index contributed by atoms with van der Waals surface area (Å²) in [6.07, 6.45) is 4.54. The summed E-state index contributed by atoms with van der Waals surface area (Å²) in [6, 6.07) is 2.55. The first kappa shape index (κ1) is 27.4. The molecule has 0 radical (unpaired) electrons. The van der Waals surface area contributed by atoms with Gasteiger partial charge in [0.25, 0.3) is 0 Å². The number of hydrogen-bond acceptors (Lipinski definition) is 7. The Morgan fingerprint density at radius 1 is 1.21 bits per heavy atom. The average molecular weight is 593 g/mol. The van der Waals surface area contributed by atoms with E-state index in [1.54, 1.807) is 4.90 Å². The number of carbonyl (C=O) groups excluding carboxylic acids is 1. The highest BCUT2D eigenvalue weighted by Crippen LogP contribution is 2.43. The molecule has 0 N–H and O–H groups in total. The minimum Gasteiger partial charge on any atom is -0.462 e. The lowest BCUT2D eigenvalue weighted by atomic mass is 9.72. The maximum absolute atomic E-state index is 15.5. The van der Waals surface area contributed by atoms with E-state index >= 15 is 4.39 Å². The van der Waals surface area contributed by atoms with Crippen molar-refractivity contribution >= 4 is 38.7 Å². The Hall–Kier alpha value is -2.20. The number of fused-ring (bicyclic) bond motifs is 1.